The lowest BCUT2D eigenvalue weighted by atomic mass is 9.82. The van der Waals surface area contributed by atoms with Crippen LogP contribution in [0.1, 0.15) is 35.3 Å². The Kier molecular flexibility index (Phi) is 5.77. The molecule has 32 heavy (non-hydrogen) atoms. The van der Waals surface area contributed by atoms with Gasteiger partial charge in [0.25, 0.3) is 5.91 Å². The predicted octanol–water partition coefficient (Wildman–Crippen LogP) is 3.92. The molecule has 0 aromatic heterocycles. The summed E-state index contributed by atoms with van der Waals surface area (Å²) in [7, 11) is 0. The monoisotopic (exact) mass is 427 g/mol. The Balaban J connectivity index is 1.69. The molecule has 3 aromatic carbocycles. The van der Waals surface area contributed by atoms with E-state index in [4.69, 9.17) is 0 Å². The van der Waals surface area contributed by atoms with E-state index in [1.54, 1.807) is 42.2 Å². The molecule has 162 valence electrons. The Labute approximate surface area is 187 Å². The van der Waals surface area contributed by atoms with Crippen LogP contribution in [0.4, 0.5) is 11.4 Å². The summed E-state index contributed by atoms with van der Waals surface area (Å²) in [6.07, 6.45) is 0.392. The SMILES string of the molecule is CC(=O)Nc1ccc(N2C(=O)c3ccccc3C[C@@]2(C)C(=O)NCc2ccccc2)cc1. The first kappa shape index (κ1) is 21.3. The molecule has 0 bridgehead atoms. The number of nitrogens with one attached hydrogen (secondary N) is 2. The molecular formula is C26H25N3O3. The van der Waals surface area contributed by atoms with Crippen LogP contribution >= 0.6 is 0 Å². The third-order valence-corrected chi connectivity index (χ3v) is 5.71. The zero-order chi connectivity index (χ0) is 22.7. The van der Waals surface area contributed by atoms with Gasteiger partial charge in [0.05, 0.1) is 0 Å². The highest BCUT2D eigenvalue weighted by Crippen LogP contribution is 2.36. The van der Waals surface area contributed by atoms with E-state index in [1.807, 2.05) is 48.5 Å². The minimum absolute atomic E-state index is 0.175. The second kappa shape index (κ2) is 8.67. The summed E-state index contributed by atoms with van der Waals surface area (Å²) in [5, 5.41) is 5.73. The second-order valence-corrected chi connectivity index (χ2v) is 8.14. The average Bonchev–Trinajstić information content (AvgIpc) is 2.79. The van der Waals surface area contributed by atoms with Crippen molar-refractivity contribution in [2.75, 3.05) is 10.2 Å². The smallest absolute Gasteiger partial charge is 0.259 e. The highest BCUT2D eigenvalue weighted by atomic mass is 16.2. The molecule has 0 saturated heterocycles. The van der Waals surface area contributed by atoms with Crippen LogP contribution < -0.4 is 15.5 Å². The zero-order valence-corrected chi connectivity index (χ0v) is 18.1. The molecule has 1 aliphatic rings. The number of anilines is 2. The number of carbonyl (C=O) groups excluding carboxylic acids is 3. The van der Waals surface area contributed by atoms with Gasteiger partial charge in [-0.15, -0.1) is 0 Å². The number of rotatable bonds is 5. The van der Waals surface area contributed by atoms with Gasteiger partial charge in [0.15, 0.2) is 0 Å². The summed E-state index contributed by atoms with van der Waals surface area (Å²) in [6, 6.07) is 24.0. The number of amides is 3. The Morgan fingerprint density at radius 2 is 1.59 bits per heavy atom. The molecule has 4 rings (SSSR count). The quantitative estimate of drug-likeness (QED) is 0.648. The van der Waals surface area contributed by atoms with Gasteiger partial charge in [0, 0.05) is 36.8 Å². The third-order valence-electron chi connectivity index (χ3n) is 5.71. The molecule has 0 saturated carbocycles. The molecule has 1 heterocycles. The fourth-order valence-electron chi connectivity index (χ4n) is 4.13. The van der Waals surface area contributed by atoms with Gasteiger partial charge in [-0.2, -0.15) is 0 Å². The van der Waals surface area contributed by atoms with Crippen molar-refractivity contribution in [2.45, 2.75) is 32.4 Å². The standard InChI is InChI=1S/C26H25N3O3/c1-18(30)28-21-12-14-22(15-13-21)29-24(31)23-11-7-6-10-20(23)16-26(29,2)25(32)27-17-19-8-4-3-5-9-19/h3-15H,16-17H2,1-2H3,(H,27,32)(H,28,30)/t26-/m0/s1. The lowest BCUT2D eigenvalue weighted by Gasteiger charge is -2.44. The average molecular weight is 428 g/mol. The van der Waals surface area contributed by atoms with Crippen LogP contribution in [0.3, 0.4) is 0 Å². The zero-order valence-electron chi connectivity index (χ0n) is 18.1. The number of carbonyl (C=O) groups is 3. The molecule has 6 heteroatoms. The van der Waals surface area contributed by atoms with Crippen molar-refractivity contribution in [1.29, 1.82) is 0 Å². The van der Waals surface area contributed by atoms with Gasteiger partial charge in [-0.05, 0) is 48.4 Å². The van der Waals surface area contributed by atoms with Crippen LogP contribution in [0.5, 0.6) is 0 Å². The molecule has 0 unspecified atom stereocenters. The van der Waals surface area contributed by atoms with Crippen LogP contribution in [0.15, 0.2) is 78.9 Å². The van der Waals surface area contributed by atoms with Gasteiger partial charge < -0.3 is 10.6 Å². The topological polar surface area (TPSA) is 78.5 Å². The molecule has 1 atom stereocenters. The summed E-state index contributed by atoms with van der Waals surface area (Å²) < 4.78 is 0. The van der Waals surface area contributed by atoms with Crippen molar-refractivity contribution in [3.05, 3.63) is 95.6 Å². The highest BCUT2D eigenvalue weighted by Gasteiger charge is 2.47. The van der Waals surface area contributed by atoms with Gasteiger partial charge in [0.1, 0.15) is 5.54 Å². The van der Waals surface area contributed by atoms with E-state index in [0.717, 1.165) is 11.1 Å². The Morgan fingerprint density at radius 3 is 2.28 bits per heavy atom. The molecule has 3 aromatic rings. The molecular weight excluding hydrogens is 402 g/mol. The Hall–Kier alpha value is -3.93. The van der Waals surface area contributed by atoms with Crippen LogP contribution in [0.2, 0.25) is 0 Å². The summed E-state index contributed by atoms with van der Waals surface area (Å²) in [6.45, 7) is 3.61. The first-order chi connectivity index (χ1) is 15.4. The second-order valence-electron chi connectivity index (χ2n) is 8.14. The van der Waals surface area contributed by atoms with Crippen molar-refractivity contribution in [3.63, 3.8) is 0 Å². The maximum atomic E-state index is 13.6. The minimum Gasteiger partial charge on any atom is -0.350 e. The number of fused-ring (bicyclic) bond motifs is 1. The van der Waals surface area contributed by atoms with E-state index >= 15 is 0 Å². The molecule has 0 aliphatic carbocycles. The summed E-state index contributed by atoms with van der Waals surface area (Å²) in [4.78, 5) is 39.9. The first-order valence-electron chi connectivity index (χ1n) is 10.5. The first-order valence-corrected chi connectivity index (χ1v) is 10.5. The van der Waals surface area contributed by atoms with Crippen molar-refractivity contribution in [2.24, 2.45) is 0 Å². The van der Waals surface area contributed by atoms with E-state index in [9.17, 15) is 14.4 Å². The van der Waals surface area contributed by atoms with Crippen LogP contribution in [0, 0.1) is 0 Å². The van der Waals surface area contributed by atoms with E-state index in [2.05, 4.69) is 10.6 Å². The van der Waals surface area contributed by atoms with Gasteiger partial charge in [-0.3, -0.25) is 19.3 Å². The van der Waals surface area contributed by atoms with E-state index < -0.39 is 5.54 Å². The number of nitrogens with zero attached hydrogens (tertiary/aromatic N) is 1. The van der Waals surface area contributed by atoms with Crippen molar-refractivity contribution >= 4 is 29.1 Å². The number of hydrogen-bond acceptors (Lipinski definition) is 3. The fourth-order valence-corrected chi connectivity index (χ4v) is 4.13. The van der Waals surface area contributed by atoms with Crippen LogP contribution in [0.25, 0.3) is 0 Å². The molecule has 2 N–H and O–H groups in total. The van der Waals surface area contributed by atoms with E-state index in [1.165, 1.54) is 6.92 Å². The largest absolute Gasteiger partial charge is 0.350 e. The molecule has 3 amide bonds. The minimum atomic E-state index is -1.12. The fraction of sp³-hybridized carbons (Fsp3) is 0.192. The van der Waals surface area contributed by atoms with E-state index in [0.29, 0.717) is 29.9 Å². The molecule has 0 radical (unpaired) electrons. The van der Waals surface area contributed by atoms with Gasteiger partial charge in [0.2, 0.25) is 11.8 Å². The lowest BCUT2D eigenvalue weighted by Crippen LogP contribution is -2.63. The maximum Gasteiger partial charge on any atom is 0.259 e. The van der Waals surface area contributed by atoms with E-state index in [-0.39, 0.29) is 17.7 Å². The Bertz CT molecular complexity index is 1160. The molecule has 1 aliphatic heterocycles. The number of benzene rings is 3. The summed E-state index contributed by atoms with van der Waals surface area (Å²) >= 11 is 0. The van der Waals surface area contributed by atoms with Gasteiger partial charge in [-0.1, -0.05) is 48.5 Å². The Morgan fingerprint density at radius 1 is 0.938 bits per heavy atom. The van der Waals surface area contributed by atoms with Crippen molar-refractivity contribution in [3.8, 4) is 0 Å². The normalized spacial score (nSPS) is 17.4. The summed E-state index contributed by atoms with van der Waals surface area (Å²) in [5.74, 6) is -0.627. The van der Waals surface area contributed by atoms with Gasteiger partial charge in [-0.25, -0.2) is 0 Å². The number of hydrogen-bond donors (Lipinski definition) is 2. The third kappa shape index (κ3) is 4.12. The van der Waals surface area contributed by atoms with Gasteiger partial charge >= 0.3 is 0 Å². The predicted molar refractivity (Wildman–Crippen MR) is 124 cm³/mol. The highest BCUT2D eigenvalue weighted by molar-refractivity contribution is 6.14. The molecule has 6 nitrogen and oxygen atoms in total. The van der Waals surface area contributed by atoms with Crippen molar-refractivity contribution in [1.82, 2.24) is 5.32 Å². The van der Waals surface area contributed by atoms with Crippen molar-refractivity contribution < 1.29 is 14.4 Å². The maximum absolute atomic E-state index is 13.6. The summed E-state index contributed by atoms with van der Waals surface area (Å²) in [5.41, 5.74) is 2.53. The van der Waals surface area contributed by atoms with Crippen LogP contribution in [-0.2, 0) is 22.6 Å². The lowest BCUT2D eigenvalue weighted by molar-refractivity contribution is -0.126. The molecule has 0 fully saturated rings. The molecule has 0 spiro atoms. The van der Waals surface area contributed by atoms with Crippen LogP contribution in [-0.4, -0.2) is 23.3 Å².